The number of halogens is 1. The van der Waals surface area contributed by atoms with Crippen LogP contribution in [0, 0.1) is 15.5 Å². The zero-order chi connectivity index (χ0) is 13.9. The van der Waals surface area contributed by atoms with E-state index in [1.54, 1.807) is 12.1 Å². The summed E-state index contributed by atoms with van der Waals surface area (Å²) in [6.45, 7) is 0.499. The SMILES string of the molecule is O=[N+]([O-])c1cc(Br)ccc1OCC1(CS)CCCC1. The number of hydrogen-bond acceptors (Lipinski definition) is 4. The minimum atomic E-state index is -0.415. The molecule has 1 aliphatic rings. The van der Waals surface area contributed by atoms with Gasteiger partial charge in [0.1, 0.15) is 0 Å². The van der Waals surface area contributed by atoms with Gasteiger partial charge in [-0.05, 0) is 30.7 Å². The predicted molar refractivity (Wildman–Crippen MR) is 81.0 cm³/mol. The maximum Gasteiger partial charge on any atom is 0.312 e. The first-order valence-corrected chi connectivity index (χ1v) is 7.66. The largest absolute Gasteiger partial charge is 0.486 e. The fourth-order valence-electron chi connectivity index (χ4n) is 2.46. The molecule has 6 heteroatoms. The number of rotatable bonds is 5. The molecular formula is C13H16BrNO3S. The van der Waals surface area contributed by atoms with Gasteiger partial charge in [-0.1, -0.05) is 28.8 Å². The van der Waals surface area contributed by atoms with Gasteiger partial charge in [0.15, 0.2) is 5.75 Å². The average molecular weight is 346 g/mol. The molecule has 19 heavy (non-hydrogen) atoms. The van der Waals surface area contributed by atoms with E-state index in [0.29, 0.717) is 16.8 Å². The molecule has 1 aromatic rings. The zero-order valence-electron chi connectivity index (χ0n) is 10.5. The molecule has 0 aromatic heterocycles. The Morgan fingerprint density at radius 3 is 2.68 bits per heavy atom. The highest BCUT2D eigenvalue weighted by Gasteiger charge is 2.34. The summed E-state index contributed by atoms with van der Waals surface area (Å²) in [6.07, 6.45) is 4.54. The van der Waals surface area contributed by atoms with Gasteiger partial charge in [0.25, 0.3) is 0 Å². The van der Waals surface area contributed by atoms with Gasteiger partial charge < -0.3 is 4.74 Å². The normalized spacial score (nSPS) is 17.4. The fourth-order valence-corrected chi connectivity index (χ4v) is 3.22. The summed E-state index contributed by atoms with van der Waals surface area (Å²) in [7, 11) is 0. The number of ether oxygens (including phenoxy) is 1. The van der Waals surface area contributed by atoms with Crippen molar-refractivity contribution in [1.29, 1.82) is 0 Å². The Morgan fingerprint density at radius 1 is 1.42 bits per heavy atom. The molecule has 0 amide bonds. The van der Waals surface area contributed by atoms with Crippen LogP contribution in [0.5, 0.6) is 5.75 Å². The van der Waals surface area contributed by atoms with Crippen molar-refractivity contribution in [2.75, 3.05) is 12.4 Å². The van der Waals surface area contributed by atoms with Gasteiger partial charge in [0.05, 0.1) is 11.5 Å². The maximum absolute atomic E-state index is 11.0. The van der Waals surface area contributed by atoms with E-state index >= 15 is 0 Å². The number of hydrogen-bond donors (Lipinski definition) is 1. The van der Waals surface area contributed by atoms with E-state index in [9.17, 15) is 10.1 Å². The van der Waals surface area contributed by atoms with Gasteiger partial charge in [-0.3, -0.25) is 10.1 Å². The lowest BCUT2D eigenvalue weighted by atomic mass is 9.90. The number of nitro benzene ring substituents is 1. The van der Waals surface area contributed by atoms with E-state index < -0.39 is 4.92 Å². The molecule has 0 radical (unpaired) electrons. The molecule has 1 aromatic carbocycles. The molecule has 0 N–H and O–H groups in total. The third kappa shape index (κ3) is 3.42. The van der Waals surface area contributed by atoms with Gasteiger partial charge >= 0.3 is 5.69 Å². The lowest BCUT2D eigenvalue weighted by Gasteiger charge is -2.26. The van der Waals surface area contributed by atoms with Crippen molar-refractivity contribution in [3.63, 3.8) is 0 Å². The number of thiol groups is 1. The van der Waals surface area contributed by atoms with Crippen molar-refractivity contribution in [3.8, 4) is 5.75 Å². The lowest BCUT2D eigenvalue weighted by Crippen LogP contribution is -2.27. The lowest BCUT2D eigenvalue weighted by molar-refractivity contribution is -0.386. The fraction of sp³-hybridized carbons (Fsp3) is 0.538. The Balaban J connectivity index is 2.13. The van der Waals surface area contributed by atoms with E-state index in [1.807, 2.05) is 0 Å². The Hall–Kier alpha value is -0.750. The quantitative estimate of drug-likeness (QED) is 0.493. The van der Waals surface area contributed by atoms with Gasteiger partial charge in [0.2, 0.25) is 0 Å². The molecule has 0 atom stereocenters. The summed E-state index contributed by atoms with van der Waals surface area (Å²) >= 11 is 7.64. The van der Waals surface area contributed by atoms with Crippen molar-refractivity contribution in [3.05, 3.63) is 32.8 Å². The highest BCUT2D eigenvalue weighted by molar-refractivity contribution is 9.10. The van der Waals surface area contributed by atoms with Gasteiger partial charge in [-0.2, -0.15) is 12.6 Å². The third-order valence-corrected chi connectivity index (χ3v) is 4.82. The van der Waals surface area contributed by atoms with Crippen LogP contribution in [0.4, 0.5) is 5.69 Å². The van der Waals surface area contributed by atoms with Crippen molar-refractivity contribution in [1.82, 2.24) is 0 Å². The first-order valence-electron chi connectivity index (χ1n) is 6.24. The standard InChI is InChI=1S/C13H16BrNO3S/c14-10-3-4-12(11(7-10)15(16)17)18-8-13(9-19)5-1-2-6-13/h3-4,7,19H,1-2,5-6,8-9H2. The number of nitrogens with zero attached hydrogens (tertiary/aromatic N) is 1. The Kier molecular flexibility index (Phi) is 4.73. The predicted octanol–water partition coefficient (Wildman–Crippen LogP) is 4.23. The van der Waals surface area contributed by atoms with Crippen molar-refractivity contribution in [2.45, 2.75) is 25.7 Å². The van der Waals surface area contributed by atoms with Gasteiger partial charge in [-0.25, -0.2) is 0 Å². The van der Waals surface area contributed by atoms with E-state index in [0.717, 1.165) is 18.6 Å². The molecule has 0 aliphatic heterocycles. The van der Waals surface area contributed by atoms with Crippen LogP contribution in [0.1, 0.15) is 25.7 Å². The van der Waals surface area contributed by atoms with Crippen LogP contribution in [0.25, 0.3) is 0 Å². The van der Waals surface area contributed by atoms with E-state index in [2.05, 4.69) is 28.6 Å². The molecule has 1 saturated carbocycles. The second-order valence-electron chi connectivity index (χ2n) is 5.02. The van der Waals surface area contributed by atoms with E-state index in [-0.39, 0.29) is 11.1 Å². The van der Waals surface area contributed by atoms with Crippen LogP contribution >= 0.6 is 28.6 Å². The molecule has 104 valence electrons. The third-order valence-electron chi connectivity index (χ3n) is 3.65. The Labute approximate surface area is 126 Å². The summed E-state index contributed by atoms with van der Waals surface area (Å²) in [5.41, 5.74) is 0.0750. The topological polar surface area (TPSA) is 52.4 Å². The first-order chi connectivity index (χ1) is 9.06. The first kappa shape index (κ1) is 14.7. The molecular weight excluding hydrogens is 330 g/mol. The minimum absolute atomic E-state index is 0.00156. The van der Waals surface area contributed by atoms with Crippen LogP contribution in [-0.4, -0.2) is 17.3 Å². The average Bonchev–Trinajstić information content (AvgIpc) is 2.86. The number of benzene rings is 1. The molecule has 0 spiro atoms. The van der Waals surface area contributed by atoms with Crippen molar-refractivity contribution >= 4 is 34.2 Å². The summed E-state index contributed by atoms with van der Waals surface area (Å²) in [6, 6.07) is 4.87. The van der Waals surface area contributed by atoms with Gasteiger partial charge in [-0.15, -0.1) is 0 Å². The Morgan fingerprint density at radius 2 is 2.11 bits per heavy atom. The second kappa shape index (κ2) is 6.13. The molecule has 0 bridgehead atoms. The summed E-state index contributed by atoms with van der Waals surface area (Å²) in [5, 5.41) is 11.0. The van der Waals surface area contributed by atoms with Crippen molar-refractivity contribution in [2.24, 2.45) is 5.41 Å². The van der Waals surface area contributed by atoms with E-state index in [1.165, 1.54) is 18.9 Å². The summed E-state index contributed by atoms with van der Waals surface area (Å²) in [4.78, 5) is 10.6. The van der Waals surface area contributed by atoms with Crippen LogP contribution in [0.15, 0.2) is 22.7 Å². The van der Waals surface area contributed by atoms with Crippen LogP contribution in [0.3, 0.4) is 0 Å². The van der Waals surface area contributed by atoms with E-state index in [4.69, 9.17) is 4.74 Å². The molecule has 4 nitrogen and oxygen atoms in total. The molecule has 1 aliphatic carbocycles. The zero-order valence-corrected chi connectivity index (χ0v) is 13.0. The van der Waals surface area contributed by atoms with Crippen LogP contribution in [0.2, 0.25) is 0 Å². The second-order valence-corrected chi connectivity index (χ2v) is 6.25. The highest BCUT2D eigenvalue weighted by atomic mass is 79.9. The number of nitro groups is 1. The molecule has 0 saturated heterocycles. The molecule has 0 heterocycles. The minimum Gasteiger partial charge on any atom is -0.486 e. The van der Waals surface area contributed by atoms with Crippen LogP contribution < -0.4 is 4.74 Å². The smallest absolute Gasteiger partial charge is 0.312 e. The molecule has 0 unspecified atom stereocenters. The molecule has 2 rings (SSSR count). The summed E-state index contributed by atoms with van der Waals surface area (Å²) < 4.78 is 6.40. The maximum atomic E-state index is 11.0. The highest BCUT2D eigenvalue weighted by Crippen LogP contribution is 2.40. The summed E-state index contributed by atoms with van der Waals surface area (Å²) in [5.74, 6) is 1.10. The Bertz CT molecular complexity index is 475. The van der Waals surface area contributed by atoms with Crippen LogP contribution in [-0.2, 0) is 0 Å². The monoisotopic (exact) mass is 345 g/mol. The molecule has 1 fully saturated rings. The van der Waals surface area contributed by atoms with Crippen molar-refractivity contribution < 1.29 is 9.66 Å². The van der Waals surface area contributed by atoms with Gasteiger partial charge in [0, 0.05) is 16.0 Å².